The Labute approximate surface area is 106 Å². The van der Waals surface area contributed by atoms with Gasteiger partial charge in [0.05, 0.1) is 11.4 Å². The lowest BCUT2D eigenvalue weighted by Crippen LogP contribution is -2.06. The van der Waals surface area contributed by atoms with Crippen molar-refractivity contribution in [3.05, 3.63) is 40.5 Å². The number of nitrogens with one attached hydrogen (secondary N) is 1. The van der Waals surface area contributed by atoms with Crippen LogP contribution in [0.25, 0.3) is 11.3 Å². The van der Waals surface area contributed by atoms with Crippen LogP contribution in [-0.4, -0.2) is 16.8 Å². The lowest BCUT2D eigenvalue weighted by molar-refractivity contribution is 0.715. The number of nitrogens with zero attached hydrogens (tertiary/aromatic N) is 2. The maximum absolute atomic E-state index is 5.90. The average Bonchev–Trinajstić information content (AvgIpc) is 2.57. The van der Waals surface area contributed by atoms with Crippen LogP contribution < -0.4 is 5.32 Å². The molecule has 1 aromatic heterocycles. The van der Waals surface area contributed by atoms with Gasteiger partial charge in [-0.3, -0.25) is 4.68 Å². The van der Waals surface area contributed by atoms with E-state index in [4.69, 9.17) is 11.6 Å². The Morgan fingerprint density at radius 3 is 2.53 bits per heavy atom. The van der Waals surface area contributed by atoms with Crippen LogP contribution in [0.5, 0.6) is 0 Å². The van der Waals surface area contributed by atoms with E-state index in [0.29, 0.717) is 0 Å². The second-order valence-corrected chi connectivity index (χ2v) is 4.52. The van der Waals surface area contributed by atoms with Crippen molar-refractivity contribution in [2.75, 3.05) is 7.05 Å². The molecule has 0 atom stereocenters. The maximum atomic E-state index is 5.90. The topological polar surface area (TPSA) is 29.9 Å². The fraction of sp³-hybridized carbons (Fsp3) is 0.308. The molecule has 0 aliphatic heterocycles. The number of rotatable bonds is 3. The van der Waals surface area contributed by atoms with E-state index in [2.05, 4.69) is 17.3 Å². The third-order valence-electron chi connectivity index (χ3n) is 2.84. The van der Waals surface area contributed by atoms with Gasteiger partial charge in [0.2, 0.25) is 0 Å². The Morgan fingerprint density at radius 2 is 1.94 bits per heavy atom. The quantitative estimate of drug-likeness (QED) is 0.907. The lowest BCUT2D eigenvalue weighted by Gasteiger charge is -2.04. The Hall–Kier alpha value is -1.32. The van der Waals surface area contributed by atoms with E-state index in [0.717, 1.165) is 28.5 Å². The van der Waals surface area contributed by atoms with Gasteiger partial charge in [0, 0.05) is 24.2 Å². The first kappa shape index (κ1) is 12.1. The van der Waals surface area contributed by atoms with Gasteiger partial charge in [0.25, 0.3) is 0 Å². The summed E-state index contributed by atoms with van der Waals surface area (Å²) in [5.74, 6) is 0. The maximum Gasteiger partial charge on any atom is 0.0797 e. The first-order chi connectivity index (χ1) is 8.13. The van der Waals surface area contributed by atoms with E-state index in [9.17, 15) is 0 Å². The van der Waals surface area contributed by atoms with E-state index in [-0.39, 0.29) is 0 Å². The molecule has 4 heteroatoms. The van der Waals surface area contributed by atoms with Crippen LogP contribution >= 0.6 is 11.6 Å². The second-order valence-electron chi connectivity index (χ2n) is 4.08. The molecule has 0 saturated heterocycles. The molecule has 90 valence electrons. The third-order valence-corrected chi connectivity index (χ3v) is 3.10. The molecule has 0 radical (unpaired) electrons. The number of hydrogen-bond donors (Lipinski definition) is 1. The molecule has 1 aromatic carbocycles. The number of aryl methyl sites for hydroxylation is 1. The largest absolute Gasteiger partial charge is 0.314 e. The van der Waals surface area contributed by atoms with Crippen molar-refractivity contribution in [2.45, 2.75) is 13.5 Å². The first-order valence-corrected chi connectivity index (χ1v) is 5.94. The summed E-state index contributed by atoms with van der Waals surface area (Å²) >= 11 is 5.90. The number of benzene rings is 1. The van der Waals surface area contributed by atoms with Gasteiger partial charge in [-0.15, -0.1) is 0 Å². The average molecular weight is 250 g/mol. The molecule has 1 N–H and O–H groups in total. The van der Waals surface area contributed by atoms with E-state index in [1.165, 1.54) is 5.56 Å². The summed E-state index contributed by atoms with van der Waals surface area (Å²) in [6, 6.07) is 7.85. The molecule has 0 saturated carbocycles. The smallest absolute Gasteiger partial charge is 0.0797 e. The van der Waals surface area contributed by atoms with E-state index in [1.54, 1.807) is 0 Å². The van der Waals surface area contributed by atoms with E-state index in [1.807, 2.05) is 43.0 Å². The van der Waals surface area contributed by atoms with Gasteiger partial charge in [-0.05, 0) is 31.7 Å². The molecule has 3 nitrogen and oxygen atoms in total. The van der Waals surface area contributed by atoms with Crippen LogP contribution in [0.2, 0.25) is 5.02 Å². The first-order valence-electron chi connectivity index (χ1n) is 5.56. The zero-order chi connectivity index (χ0) is 12.4. The van der Waals surface area contributed by atoms with Crippen LogP contribution in [0.4, 0.5) is 0 Å². The summed E-state index contributed by atoms with van der Waals surface area (Å²) < 4.78 is 1.92. The number of halogens is 1. The van der Waals surface area contributed by atoms with E-state index < -0.39 is 0 Å². The minimum absolute atomic E-state index is 0.754. The zero-order valence-electron chi connectivity index (χ0n) is 10.3. The third kappa shape index (κ3) is 2.35. The highest BCUT2D eigenvalue weighted by atomic mass is 35.5. The highest BCUT2D eigenvalue weighted by Crippen LogP contribution is 2.26. The molecular weight excluding hydrogens is 234 g/mol. The van der Waals surface area contributed by atoms with E-state index >= 15 is 0 Å². The van der Waals surface area contributed by atoms with Crippen molar-refractivity contribution in [3.63, 3.8) is 0 Å². The summed E-state index contributed by atoms with van der Waals surface area (Å²) in [5.41, 5.74) is 4.58. The minimum Gasteiger partial charge on any atom is -0.314 e. The van der Waals surface area contributed by atoms with Gasteiger partial charge in [-0.1, -0.05) is 23.7 Å². The standard InChI is InChI=1S/C13H16ClN3/c1-9-12(8-15-2)16-17(3)13(9)10-4-6-11(14)7-5-10/h4-7,15H,8H2,1-3H3. The summed E-state index contributed by atoms with van der Waals surface area (Å²) in [6.45, 7) is 2.89. The molecule has 0 bridgehead atoms. The Morgan fingerprint density at radius 1 is 1.29 bits per heavy atom. The molecule has 0 unspecified atom stereocenters. The fourth-order valence-corrected chi connectivity index (χ4v) is 2.16. The number of hydrogen-bond acceptors (Lipinski definition) is 2. The van der Waals surface area contributed by atoms with Gasteiger partial charge in [-0.2, -0.15) is 5.10 Å². The summed E-state index contributed by atoms with van der Waals surface area (Å²) in [7, 11) is 3.90. The molecule has 0 aliphatic rings. The predicted molar refractivity (Wildman–Crippen MR) is 71.2 cm³/mol. The molecule has 0 amide bonds. The van der Waals surface area contributed by atoms with Crippen molar-refractivity contribution in [2.24, 2.45) is 7.05 Å². The van der Waals surface area contributed by atoms with Gasteiger partial charge in [-0.25, -0.2) is 0 Å². The molecule has 1 heterocycles. The molecule has 0 spiro atoms. The van der Waals surface area contributed by atoms with Crippen molar-refractivity contribution in [1.29, 1.82) is 0 Å². The normalized spacial score (nSPS) is 10.8. The Bertz CT molecular complexity index is 514. The van der Waals surface area contributed by atoms with Crippen LogP contribution in [0.3, 0.4) is 0 Å². The SMILES string of the molecule is CNCc1nn(C)c(-c2ccc(Cl)cc2)c1C. The van der Waals surface area contributed by atoms with Crippen LogP contribution in [0.15, 0.2) is 24.3 Å². The van der Waals surface area contributed by atoms with Crippen LogP contribution in [0, 0.1) is 6.92 Å². The molecule has 0 fully saturated rings. The van der Waals surface area contributed by atoms with Crippen molar-refractivity contribution >= 4 is 11.6 Å². The molecule has 2 rings (SSSR count). The fourth-order valence-electron chi connectivity index (χ4n) is 2.03. The number of aromatic nitrogens is 2. The van der Waals surface area contributed by atoms with Crippen LogP contribution in [-0.2, 0) is 13.6 Å². The van der Waals surface area contributed by atoms with Crippen LogP contribution in [0.1, 0.15) is 11.3 Å². The Balaban J connectivity index is 2.48. The highest BCUT2D eigenvalue weighted by molar-refractivity contribution is 6.30. The van der Waals surface area contributed by atoms with Gasteiger partial charge in [0.1, 0.15) is 0 Å². The zero-order valence-corrected chi connectivity index (χ0v) is 11.0. The lowest BCUT2D eigenvalue weighted by atomic mass is 10.1. The van der Waals surface area contributed by atoms with Crippen molar-refractivity contribution in [3.8, 4) is 11.3 Å². The minimum atomic E-state index is 0.754. The van der Waals surface area contributed by atoms with Crippen molar-refractivity contribution in [1.82, 2.24) is 15.1 Å². The molecule has 0 aliphatic carbocycles. The summed E-state index contributed by atoms with van der Waals surface area (Å²) in [5, 5.41) is 8.40. The van der Waals surface area contributed by atoms with Gasteiger partial charge >= 0.3 is 0 Å². The summed E-state index contributed by atoms with van der Waals surface area (Å²) in [6.07, 6.45) is 0. The molecular formula is C13H16ClN3. The Kier molecular flexibility index (Phi) is 3.50. The predicted octanol–water partition coefficient (Wildman–Crippen LogP) is 2.77. The summed E-state index contributed by atoms with van der Waals surface area (Å²) in [4.78, 5) is 0. The highest BCUT2D eigenvalue weighted by Gasteiger charge is 2.12. The van der Waals surface area contributed by atoms with Gasteiger partial charge in [0.15, 0.2) is 0 Å². The van der Waals surface area contributed by atoms with Gasteiger partial charge < -0.3 is 5.32 Å². The second kappa shape index (κ2) is 4.90. The molecule has 17 heavy (non-hydrogen) atoms. The monoisotopic (exact) mass is 249 g/mol. The molecule has 2 aromatic rings. The van der Waals surface area contributed by atoms with Crippen molar-refractivity contribution < 1.29 is 0 Å².